The molecular weight excluding hydrogens is 318 g/mol. The third-order valence-corrected chi connectivity index (χ3v) is 3.70. The van der Waals surface area contributed by atoms with Crippen LogP contribution in [-0.2, 0) is 0 Å². The number of carbonyl (C=O) groups is 1. The van der Waals surface area contributed by atoms with E-state index in [-0.39, 0.29) is 5.91 Å². The van der Waals surface area contributed by atoms with Crippen molar-refractivity contribution in [3.05, 3.63) is 46.5 Å². The van der Waals surface area contributed by atoms with E-state index in [2.05, 4.69) is 5.32 Å². The van der Waals surface area contributed by atoms with Crippen LogP contribution in [0.25, 0.3) is 0 Å². The fourth-order valence-corrected chi connectivity index (χ4v) is 2.44. The molecule has 0 aliphatic carbocycles. The minimum absolute atomic E-state index is 0.307. The molecule has 0 aliphatic rings. The number of halogens is 1. The first-order chi connectivity index (χ1) is 11.0. The van der Waals surface area contributed by atoms with Crippen LogP contribution in [0, 0.1) is 6.92 Å². The number of carbonyl (C=O) groups excluding carboxylic acids is 1. The maximum Gasteiger partial charge on any atom is 0.263 e. The van der Waals surface area contributed by atoms with Gasteiger partial charge in [-0.15, -0.1) is 0 Å². The van der Waals surface area contributed by atoms with Crippen LogP contribution in [0.3, 0.4) is 0 Å². The van der Waals surface area contributed by atoms with Crippen molar-refractivity contribution in [1.29, 1.82) is 0 Å². The van der Waals surface area contributed by atoms with Gasteiger partial charge in [-0.25, -0.2) is 0 Å². The molecule has 6 heteroatoms. The zero-order chi connectivity index (χ0) is 17.0. The van der Waals surface area contributed by atoms with Gasteiger partial charge in [0.1, 0.15) is 22.8 Å². The molecule has 0 saturated heterocycles. The molecule has 1 amide bonds. The quantitative estimate of drug-likeness (QED) is 0.899. The van der Waals surface area contributed by atoms with E-state index in [9.17, 15) is 4.79 Å². The van der Waals surface area contributed by atoms with Crippen molar-refractivity contribution in [2.24, 2.45) is 0 Å². The number of rotatable bonds is 5. The van der Waals surface area contributed by atoms with Gasteiger partial charge in [0.2, 0.25) is 0 Å². The fourth-order valence-electron chi connectivity index (χ4n) is 2.24. The number of aryl methyl sites for hydroxylation is 1. The fraction of sp³-hybridized carbons (Fsp3) is 0.235. The van der Waals surface area contributed by atoms with Crippen LogP contribution in [0.1, 0.15) is 15.9 Å². The van der Waals surface area contributed by atoms with Crippen molar-refractivity contribution in [2.45, 2.75) is 6.92 Å². The highest BCUT2D eigenvalue weighted by Crippen LogP contribution is 2.33. The lowest BCUT2D eigenvalue weighted by Gasteiger charge is -2.15. The molecule has 23 heavy (non-hydrogen) atoms. The molecule has 5 nitrogen and oxygen atoms in total. The van der Waals surface area contributed by atoms with Crippen molar-refractivity contribution in [3.8, 4) is 17.2 Å². The SMILES string of the molecule is COc1cc(Cl)c(NC(=O)c2c(OC)cccc2OC)cc1C. The first kappa shape index (κ1) is 17.0. The number of hydrogen-bond donors (Lipinski definition) is 1. The lowest BCUT2D eigenvalue weighted by Crippen LogP contribution is -2.15. The van der Waals surface area contributed by atoms with Crippen LogP contribution < -0.4 is 19.5 Å². The molecule has 2 aromatic rings. The van der Waals surface area contributed by atoms with Gasteiger partial charge in [-0.3, -0.25) is 4.79 Å². The van der Waals surface area contributed by atoms with Crippen LogP contribution in [0.4, 0.5) is 5.69 Å². The predicted molar refractivity (Wildman–Crippen MR) is 90.2 cm³/mol. The Morgan fingerprint density at radius 1 is 1.00 bits per heavy atom. The van der Waals surface area contributed by atoms with E-state index in [1.54, 1.807) is 37.4 Å². The van der Waals surface area contributed by atoms with Gasteiger partial charge in [0.05, 0.1) is 32.0 Å². The number of benzene rings is 2. The average molecular weight is 336 g/mol. The van der Waals surface area contributed by atoms with Crippen molar-refractivity contribution >= 4 is 23.2 Å². The lowest BCUT2D eigenvalue weighted by molar-refractivity contribution is 0.102. The summed E-state index contributed by atoms with van der Waals surface area (Å²) in [5.41, 5.74) is 1.66. The smallest absolute Gasteiger partial charge is 0.263 e. The average Bonchev–Trinajstić information content (AvgIpc) is 2.56. The van der Waals surface area contributed by atoms with E-state index < -0.39 is 0 Å². The Kier molecular flexibility index (Phi) is 5.34. The summed E-state index contributed by atoms with van der Waals surface area (Å²) in [5, 5.41) is 3.17. The lowest BCUT2D eigenvalue weighted by atomic mass is 10.1. The Bertz CT molecular complexity index is 709. The Morgan fingerprint density at radius 3 is 2.09 bits per heavy atom. The molecule has 0 spiro atoms. The van der Waals surface area contributed by atoms with Crippen LogP contribution >= 0.6 is 11.6 Å². The number of nitrogens with one attached hydrogen (secondary N) is 1. The molecule has 0 unspecified atom stereocenters. The van der Waals surface area contributed by atoms with Crippen LogP contribution in [0.2, 0.25) is 5.02 Å². The zero-order valence-electron chi connectivity index (χ0n) is 13.4. The molecule has 2 rings (SSSR count). The molecule has 0 heterocycles. The van der Waals surface area contributed by atoms with E-state index in [4.69, 9.17) is 25.8 Å². The van der Waals surface area contributed by atoms with E-state index in [0.717, 1.165) is 5.56 Å². The Balaban J connectivity index is 2.39. The molecule has 1 N–H and O–H groups in total. The summed E-state index contributed by atoms with van der Waals surface area (Å²) in [5.74, 6) is 1.13. The summed E-state index contributed by atoms with van der Waals surface area (Å²) < 4.78 is 15.7. The van der Waals surface area contributed by atoms with E-state index in [1.165, 1.54) is 14.2 Å². The van der Waals surface area contributed by atoms with Crippen LogP contribution in [0.15, 0.2) is 30.3 Å². The topological polar surface area (TPSA) is 56.8 Å². The van der Waals surface area contributed by atoms with Gasteiger partial charge in [0.15, 0.2) is 0 Å². The highest BCUT2D eigenvalue weighted by Gasteiger charge is 2.19. The Morgan fingerprint density at radius 2 is 1.57 bits per heavy atom. The van der Waals surface area contributed by atoms with Gasteiger partial charge in [-0.1, -0.05) is 17.7 Å². The molecule has 0 radical (unpaired) electrons. The minimum atomic E-state index is -0.370. The number of amides is 1. The molecule has 0 aliphatic heterocycles. The Labute approximate surface area is 140 Å². The second-order valence-electron chi connectivity index (χ2n) is 4.79. The predicted octanol–water partition coefficient (Wildman–Crippen LogP) is 3.93. The first-order valence-corrected chi connectivity index (χ1v) is 7.26. The second kappa shape index (κ2) is 7.24. The largest absolute Gasteiger partial charge is 0.496 e. The highest BCUT2D eigenvalue weighted by atomic mass is 35.5. The summed E-state index contributed by atoms with van der Waals surface area (Å²) >= 11 is 6.20. The van der Waals surface area contributed by atoms with E-state index in [1.807, 2.05) is 6.92 Å². The number of ether oxygens (including phenoxy) is 3. The van der Waals surface area contributed by atoms with Gasteiger partial charge < -0.3 is 19.5 Å². The van der Waals surface area contributed by atoms with E-state index >= 15 is 0 Å². The summed E-state index contributed by atoms with van der Waals surface area (Å²) in [6, 6.07) is 8.54. The van der Waals surface area contributed by atoms with Crippen molar-refractivity contribution in [1.82, 2.24) is 0 Å². The first-order valence-electron chi connectivity index (χ1n) is 6.88. The van der Waals surface area contributed by atoms with Gasteiger partial charge in [0.25, 0.3) is 5.91 Å². The highest BCUT2D eigenvalue weighted by molar-refractivity contribution is 6.34. The normalized spacial score (nSPS) is 10.1. The number of hydrogen-bond acceptors (Lipinski definition) is 4. The molecule has 0 saturated carbocycles. The maximum atomic E-state index is 12.6. The van der Waals surface area contributed by atoms with Gasteiger partial charge >= 0.3 is 0 Å². The maximum absolute atomic E-state index is 12.6. The molecule has 0 bridgehead atoms. The van der Waals surface area contributed by atoms with Crippen molar-refractivity contribution in [3.63, 3.8) is 0 Å². The molecule has 2 aromatic carbocycles. The van der Waals surface area contributed by atoms with Gasteiger partial charge in [-0.05, 0) is 30.7 Å². The standard InChI is InChI=1S/C17H18ClNO4/c1-10-8-12(11(18)9-15(10)23-4)19-17(20)16-13(21-2)6-5-7-14(16)22-3/h5-9H,1-4H3,(H,19,20). The second-order valence-corrected chi connectivity index (χ2v) is 5.20. The monoisotopic (exact) mass is 335 g/mol. The van der Waals surface area contributed by atoms with Gasteiger partial charge in [-0.2, -0.15) is 0 Å². The Hall–Kier alpha value is -2.40. The van der Waals surface area contributed by atoms with Crippen LogP contribution in [-0.4, -0.2) is 27.2 Å². The minimum Gasteiger partial charge on any atom is -0.496 e. The van der Waals surface area contributed by atoms with Crippen LogP contribution in [0.5, 0.6) is 17.2 Å². The molecule has 0 fully saturated rings. The van der Waals surface area contributed by atoms with Crippen molar-refractivity contribution < 1.29 is 19.0 Å². The number of methoxy groups -OCH3 is 3. The molecule has 122 valence electrons. The van der Waals surface area contributed by atoms with E-state index in [0.29, 0.717) is 33.5 Å². The molecule has 0 aromatic heterocycles. The van der Waals surface area contributed by atoms with Gasteiger partial charge in [0, 0.05) is 6.07 Å². The van der Waals surface area contributed by atoms with Crippen molar-refractivity contribution in [2.75, 3.05) is 26.6 Å². The molecular formula is C17H18ClNO4. The zero-order valence-corrected chi connectivity index (χ0v) is 14.2. The number of anilines is 1. The third kappa shape index (κ3) is 3.51. The summed E-state index contributed by atoms with van der Waals surface area (Å²) in [7, 11) is 4.56. The third-order valence-electron chi connectivity index (χ3n) is 3.39. The summed E-state index contributed by atoms with van der Waals surface area (Å²) in [4.78, 5) is 12.6. The molecule has 0 atom stereocenters. The summed E-state index contributed by atoms with van der Waals surface area (Å²) in [6.07, 6.45) is 0. The summed E-state index contributed by atoms with van der Waals surface area (Å²) in [6.45, 7) is 1.87.